The van der Waals surface area contributed by atoms with E-state index in [0.717, 1.165) is 16.7 Å². The summed E-state index contributed by atoms with van der Waals surface area (Å²) in [5.41, 5.74) is 2.32. The molecule has 4 N–H and O–H groups in total. The van der Waals surface area contributed by atoms with Crippen LogP contribution in [0.3, 0.4) is 0 Å². The smallest absolute Gasteiger partial charge is 0.416 e. The number of nitrogens with zero attached hydrogens (tertiary/aromatic N) is 1. The van der Waals surface area contributed by atoms with E-state index >= 15 is 0 Å². The number of H-pyrrole nitrogens is 1. The molecule has 0 spiro atoms. The highest BCUT2D eigenvalue weighted by Gasteiger charge is 2.32. The Bertz CT molecular complexity index is 1020. The van der Waals surface area contributed by atoms with Crippen LogP contribution in [0, 0.1) is 0 Å². The molecule has 10 heteroatoms. The largest absolute Gasteiger partial charge is 0.501 e. The number of primary amides is 1. The summed E-state index contributed by atoms with van der Waals surface area (Å²) in [5, 5.41) is 9.83. The molecule has 0 atom stereocenters. The van der Waals surface area contributed by atoms with Gasteiger partial charge in [0.1, 0.15) is 0 Å². The van der Waals surface area contributed by atoms with Crippen LogP contribution in [-0.4, -0.2) is 20.6 Å². The van der Waals surface area contributed by atoms with E-state index in [1.165, 1.54) is 6.07 Å². The highest BCUT2D eigenvalue weighted by Crippen LogP contribution is 2.39. The number of carbonyl (C=O) groups is 1. The highest BCUT2D eigenvalue weighted by atomic mass is 19.4. The molecule has 0 bridgehead atoms. The Morgan fingerprint density at radius 2 is 1.82 bits per heavy atom. The van der Waals surface area contributed by atoms with E-state index in [4.69, 9.17) is 5.73 Å². The quantitative estimate of drug-likeness (QED) is 0.736. The molecule has 28 heavy (non-hydrogen) atoms. The summed E-state index contributed by atoms with van der Waals surface area (Å²) in [6, 6.07) is 4.59. The van der Waals surface area contributed by atoms with Crippen molar-refractivity contribution in [3.05, 3.63) is 61.9 Å². The molecular formula is C18H18F3N3O4. The highest BCUT2D eigenvalue weighted by molar-refractivity contribution is 5.93. The predicted octanol–water partition coefficient (Wildman–Crippen LogP) is 2.26. The number of benzene rings is 1. The van der Waals surface area contributed by atoms with Gasteiger partial charge < -0.3 is 10.8 Å². The molecule has 1 aromatic carbocycles. The predicted molar refractivity (Wildman–Crippen MR) is 93.2 cm³/mol. The Hall–Kier alpha value is -3.04. The molecule has 150 valence electrons. The minimum absolute atomic E-state index is 0.133. The summed E-state index contributed by atoms with van der Waals surface area (Å²) in [6.07, 6.45) is -2.77. The molecular weight excluding hydrogens is 379 g/mol. The van der Waals surface area contributed by atoms with E-state index < -0.39 is 46.4 Å². The van der Waals surface area contributed by atoms with Crippen molar-refractivity contribution in [1.82, 2.24) is 9.55 Å². The van der Waals surface area contributed by atoms with Gasteiger partial charge in [-0.15, -0.1) is 0 Å². The van der Waals surface area contributed by atoms with Gasteiger partial charge in [-0.25, -0.2) is 4.79 Å². The van der Waals surface area contributed by atoms with Crippen LogP contribution >= 0.6 is 0 Å². The van der Waals surface area contributed by atoms with Crippen LogP contribution in [0.15, 0.2) is 33.9 Å². The number of alkyl halides is 3. The number of carbonyl (C=O) groups excluding carboxylic acids is 1. The molecule has 1 aliphatic carbocycles. The fourth-order valence-electron chi connectivity index (χ4n) is 3.69. The molecule has 2 aromatic rings. The van der Waals surface area contributed by atoms with Crippen molar-refractivity contribution in [3.63, 3.8) is 0 Å². The Morgan fingerprint density at radius 3 is 2.39 bits per heavy atom. The van der Waals surface area contributed by atoms with Crippen LogP contribution in [0.5, 0.6) is 5.75 Å². The number of halogens is 3. The van der Waals surface area contributed by atoms with Gasteiger partial charge in [-0.1, -0.05) is 18.2 Å². The first-order valence-corrected chi connectivity index (χ1v) is 8.64. The molecule has 3 rings (SSSR count). The van der Waals surface area contributed by atoms with Crippen molar-refractivity contribution in [1.29, 1.82) is 0 Å². The molecule has 0 unspecified atom stereocenters. The lowest BCUT2D eigenvalue weighted by atomic mass is 9.81. The number of amides is 1. The maximum absolute atomic E-state index is 12.9. The van der Waals surface area contributed by atoms with E-state index in [0.29, 0.717) is 31.2 Å². The minimum atomic E-state index is -4.42. The van der Waals surface area contributed by atoms with E-state index in [2.05, 4.69) is 4.98 Å². The van der Waals surface area contributed by atoms with Gasteiger partial charge in [-0.05, 0) is 43.2 Å². The number of hydrogen-bond acceptors (Lipinski definition) is 4. The first-order valence-electron chi connectivity index (χ1n) is 8.64. The summed E-state index contributed by atoms with van der Waals surface area (Å²) < 4.78 is 39.5. The van der Waals surface area contributed by atoms with Gasteiger partial charge in [-0.2, -0.15) is 13.2 Å². The van der Waals surface area contributed by atoms with Crippen molar-refractivity contribution < 1.29 is 23.1 Å². The van der Waals surface area contributed by atoms with E-state index in [1.54, 1.807) is 6.07 Å². The van der Waals surface area contributed by atoms with Gasteiger partial charge in [0.15, 0.2) is 5.69 Å². The normalized spacial score (nSPS) is 20.1. The standard InChI is InChI=1S/C18H18F3N3O4/c19-18(20,21)11-3-1-2-10(8-11)9-4-6-12(7-5-9)24-16(27)14(25)13(15(22)26)23-17(24)28/h1-3,8-9,12,25H,4-7H2,(H2,22,26)(H,23,28). The molecule has 1 amide bonds. The van der Waals surface area contributed by atoms with Crippen molar-refractivity contribution in [2.45, 2.75) is 43.8 Å². The fraction of sp³-hybridized carbons (Fsp3) is 0.389. The number of rotatable bonds is 3. The maximum Gasteiger partial charge on any atom is 0.416 e. The lowest BCUT2D eigenvalue weighted by Gasteiger charge is -2.29. The molecule has 0 saturated heterocycles. The van der Waals surface area contributed by atoms with Crippen LogP contribution in [0.2, 0.25) is 0 Å². The number of nitrogens with one attached hydrogen (secondary N) is 1. The number of aromatic nitrogens is 2. The maximum atomic E-state index is 12.9. The Morgan fingerprint density at radius 1 is 1.18 bits per heavy atom. The monoisotopic (exact) mass is 397 g/mol. The summed E-state index contributed by atoms with van der Waals surface area (Å²) >= 11 is 0. The zero-order chi connectivity index (χ0) is 20.6. The number of aromatic hydroxyl groups is 1. The summed E-state index contributed by atoms with van der Waals surface area (Å²) in [5.74, 6) is -2.19. The SMILES string of the molecule is NC(=O)c1[nH]c(=O)n(C2CCC(c3cccc(C(F)(F)F)c3)CC2)c(=O)c1O. The summed E-state index contributed by atoms with van der Waals surface area (Å²) in [6.45, 7) is 0. The first-order chi connectivity index (χ1) is 13.1. The number of nitrogens with two attached hydrogens (primary N) is 1. The Balaban J connectivity index is 1.82. The van der Waals surface area contributed by atoms with Crippen LogP contribution in [-0.2, 0) is 6.18 Å². The second-order valence-electron chi connectivity index (χ2n) is 6.82. The van der Waals surface area contributed by atoms with Crippen LogP contribution in [0.25, 0.3) is 0 Å². The second-order valence-corrected chi connectivity index (χ2v) is 6.82. The van der Waals surface area contributed by atoms with Crippen molar-refractivity contribution in [3.8, 4) is 5.75 Å². The van der Waals surface area contributed by atoms with Gasteiger partial charge >= 0.3 is 11.9 Å². The molecule has 1 fully saturated rings. The van der Waals surface area contributed by atoms with Crippen molar-refractivity contribution >= 4 is 5.91 Å². The van der Waals surface area contributed by atoms with E-state index in [9.17, 15) is 32.7 Å². The van der Waals surface area contributed by atoms with Gasteiger partial charge in [0.2, 0.25) is 5.75 Å². The molecule has 1 aliphatic rings. The third-order valence-electron chi connectivity index (χ3n) is 5.10. The Kier molecular flexibility index (Phi) is 5.05. The van der Waals surface area contributed by atoms with Crippen LogP contribution in [0.4, 0.5) is 13.2 Å². The third-order valence-corrected chi connectivity index (χ3v) is 5.10. The number of hydrogen-bond donors (Lipinski definition) is 3. The minimum Gasteiger partial charge on any atom is -0.501 e. The molecule has 1 aromatic heterocycles. The van der Waals surface area contributed by atoms with Crippen LogP contribution in [0.1, 0.15) is 59.3 Å². The Labute approximate surface area is 156 Å². The summed E-state index contributed by atoms with van der Waals surface area (Å²) in [7, 11) is 0. The first kappa shape index (κ1) is 19.7. The zero-order valence-corrected chi connectivity index (χ0v) is 14.6. The molecule has 1 heterocycles. The lowest BCUT2D eigenvalue weighted by molar-refractivity contribution is -0.137. The average Bonchev–Trinajstić information content (AvgIpc) is 2.64. The lowest BCUT2D eigenvalue weighted by Crippen LogP contribution is -2.41. The molecule has 0 radical (unpaired) electrons. The average molecular weight is 397 g/mol. The van der Waals surface area contributed by atoms with Crippen LogP contribution < -0.4 is 17.0 Å². The van der Waals surface area contributed by atoms with Crippen molar-refractivity contribution in [2.24, 2.45) is 5.73 Å². The van der Waals surface area contributed by atoms with Gasteiger partial charge in [-0.3, -0.25) is 19.1 Å². The molecule has 7 nitrogen and oxygen atoms in total. The topological polar surface area (TPSA) is 118 Å². The molecule has 0 aliphatic heterocycles. The summed E-state index contributed by atoms with van der Waals surface area (Å²) in [4.78, 5) is 37.7. The van der Waals surface area contributed by atoms with E-state index in [-0.39, 0.29) is 5.92 Å². The second kappa shape index (κ2) is 7.17. The van der Waals surface area contributed by atoms with Gasteiger partial charge in [0.25, 0.3) is 11.5 Å². The zero-order valence-electron chi connectivity index (χ0n) is 14.6. The molecule has 1 saturated carbocycles. The number of aromatic amines is 1. The third kappa shape index (κ3) is 3.67. The van der Waals surface area contributed by atoms with E-state index in [1.807, 2.05) is 0 Å². The fourth-order valence-corrected chi connectivity index (χ4v) is 3.69. The van der Waals surface area contributed by atoms with Gasteiger partial charge in [0, 0.05) is 6.04 Å². The van der Waals surface area contributed by atoms with Gasteiger partial charge in [0.05, 0.1) is 5.56 Å². The van der Waals surface area contributed by atoms with Crippen molar-refractivity contribution in [2.75, 3.05) is 0 Å².